The molecule has 5 nitrogen and oxygen atoms in total. The van der Waals surface area contributed by atoms with E-state index in [9.17, 15) is 0 Å². The molecule has 2 N–H and O–H groups in total. The first kappa shape index (κ1) is 13.7. The molecule has 5 heteroatoms. The first-order valence-electron chi connectivity index (χ1n) is 6.08. The summed E-state index contributed by atoms with van der Waals surface area (Å²) in [5, 5.41) is 6.45. The molecule has 0 spiro atoms. The van der Waals surface area contributed by atoms with Crippen LogP contribution in [0.3, 0.4) is 0 Å². The lowest BCUT2D eigenvalue weighted by molar-refractivity contribution is 0.128. The van der Waals surface area contributed by atoms with Gasteiger partial charge in [0.15, 0.2) is 0 Å². The van der Waals surface area contributed by atoms with Crippen LogP contribution in [0.5, 0.6) is 0 Å². The van der Waals surface area contributed by atoms with Crippen LogP contribution >= 0.6 is 0 Å². The average molecular weight is 238 g/mol. The Morgan fingerprint density at radius 3 is 2.41 bits per heavy atom. The Kier molecular flexibility index (Phi) is 5.69. The van der Waals surface area contributed by atoms with E-state index in [1.54, 1.807) is 7.11 Å². The lowest BCUT2D eigenvalue weighted by Crippen LogP contribution is -2.19. The number of anilines is 2. The zero-order valence-electron chi connectivity index (χ0n) is 11.1. The van der Waals surface area contributed by atoms with E-state index < -0.39 is 0 Å². The molecule has 0 aliphatic heterocycles. The van der Waals surface area contributed by atoms with Crippen molar-refractivity contribution in [2.45, 2.75) is 33.3 Å². The van der Waals surface area contributed by atoms with Crippen LogP contribution in [0.15, 0.2) is 6.07 Å². The van der Waals surface area contributed by atoms with E-state index in [0.29, 0.717) is 0 Å². The molecule has 0 fully saturated rings. The molecule has 0 bridgehead atoms. The molecule has 1 unspecified atom stereocenters. The van der Waals surface area contributed by atoms with Crippen LogP contribution in [0.4, 0.5) is 11.6 Å². The molecule has 1 rings (SSSR count). The van der Waals surface area contributed by atoms with Crippen LogP contribution in [0.1, 0.15) is 26.6 Å². The lowest BCUT2D eigenvalue weighted by atomic mass is 10.3. The summed E-state index contributed by atoms with van der Waals surface area (Å²) in [6, 6.07) is 1.92. The summed E-state index contributed by atoms with van der Waals surface area (Å²) in [5.74, 6) is 2.56. The minimum absolute atomic E-state index is 0.164. The van der Waals surface area contributed by atoms with Gasteiger partial charge in [0.2, 0.25) is 0 Å². The first-order valence-corrected chi connectivity index (χ1v) is 6.08. The Bertz CT molecular complexity index is 343. The highest BCUT2D eigenvalue weighted by Gasteiger charge is 2.04. The summed E-state index contributed by atoms with van der Waals surface area (Å²) in [6.45, 7) is 7.71. The Hall–Kier alpha value is -1.36. The molecule has 0 aliphatic rings. The van der Waals surface area contributed by atoms with Gasteiger partial charge in [0.05, 0.1) is 6.10 Å². The molecule has 1 heterocycles. The predicted molar refractivity (Wildman–Crippen MR) is 70.5 cm³/mol. The summed E-state index contributed by atoms with van der Waals surface area (Å²) in [4.78, 5) is 8.82. The standard InChI is InChI=1S/C12H22N4O/c1-5-10-15-11(13-6-2)7-12(16-10)14-8-9(3)17-4/h7,9H,5-6,8H2,1-4H3,(H2,13,14,15,16). The van der Waals surface area contributed by atoms with Crippen LogP contribution in [-0.2, 0) is 11.2 Å². The van der Waals surface area contributed by atoms with Crippen LogP contribution in [0.2, 0.25) is 0 Å². The maximum absolute atomic E-state index is 5.18. The predicted octanol–water partition coefficient (Wildman–Crippen LogP) is 1.92. The van der Waals surface area contributed by atoms with Gasteiger partial charge in [-0.15, -0.1) is 0 Å². The highest BCUT2D eigenvalue weighted by molar-refractivity contribution is 5.47. The van der Waals surface area contributed by atoms with E-state index in [-0.39, 0.29) is 6.10 Å². The molecule has 1 atom stereocenters. The van der Waals surface area contributed by atoms with E-state index >= 15 is 0 Å². The average Bonchev–Trinajstić information content (AvgIpc) is 2.36. The van der Waals surface area contributed by atoms with Gasteiger partial charge in [0, 0.05) is 32.7 Å². The van der Waals surface area contributed by atoms with Gasteiger partial charge >= 0.3 is 0 Å². The van der Waals surface area contributed by atoms with Crippen LogP contribution in [-0.4, -0.2) is 36.3 Å². The van der Waals surface area contributed by atoms with Crippen LogP contribution in [0, 0.1) is 0 Å². The number of aryl methyl sites for hydroxylation is 1. The van der Waals surface area contributed by atoms with Crippen LogP contribution in [0.25, 0.3) is 0 Å². The number of nitrogens with one attached hydrogen (secondary N) is 2. The number of ether oxygens (including phenoxy) is 1. The number of methoxy groups -OCH3 is 1. The quantitative estimate of drug-likeness (QED) is 0.760. The molecule has 1 aromatic rings. The molecule has 17 heavy (non-hydrogen) atoms. The molecule has 0 radical (unpaired) electrons. The Morgan fingerprint density at radius 1 is 1.24 bits per heavy atom. The highest BCUT2D eigenvalue weighted by atomic mass is 16.5. The van der Waals surface area contributed by atoms with E-state index in [4.69, 9.17) is 4.74 Å². The number of hydrogen-bond donors (Lipinski definition) is 2. The second-order valence-corrected chi connectivity index (χ2v) is 3.87. The Balaban J connectivity index is 2.72. The van der Waals surface area contributed by atoms with Crippen LogP contribution < -0.4 is 10.6 Å². The largest absolute Gasteiger partial charge is 0.380 e. The van der Waals surface area contributed by atoms with Gasteiger partial charge in [0.25, 0.3) is 0 Å². The van der Waals surface area contributed by atoms with Crippen molar-refractivity contribution in [3.8, 4) is 0 Å². The fourth-order valence-corrected chi connectivity index (χ4v) is 1.35. The molecule has 0 aromatic carbocycles. The van der Waals surface area contributed by atoms with E-state index in [0.717, 1.165) is 37.0 Å². The van der Waals surface area contributed by atoms with Crippen molar-refractivity contribution in [2.75, 3.05) is 30.8 Å². The van der Waals surface area contributed by atoms with Crippen molar-refractivity contribution < 1.29 is 4.74 Å². The van der Waals surface area contributed by atoms with Gasteiger partial charge in [-0.05, 0) is 13.8 Å². The fraction of sp³-hybridized carbons (Fsp3) is 0.667. The minimum Gasteiger partial charge on any atom is -0.380 e. The maximum Gasteiger partial charge on any atom is 0.132 e. The zero-order chi connectivity index (χ0) is 12.7. The van der Waals surface area contributed by atoms with E-state index in [1.807, 2.05) is 26.8 Å². The Morgan fingerprint density at radius 2 is 1.88 bits per heavy atom. The van der Waals surface area contributed by atoms with Gasteiger partial charge in [-0.2, -0.15) is 0 Å². The monoisotopic (exact) mass is 238 g/mol. The normalized spacial score (nSPS) is 12.2. The van der Waals surface area contributed by atoms with E-state index in [1.165, 1.54) is 0 Å². The topological polar surface area (TPSA) is 59.1 Å². The number of aromatic nitrogens is 2. The zero-order valence-corrected chi connectivity index (χ0v) is 11.1. The second kappa shape index (κ2) is 7.06. The van der Waals surface area contributed by atoms with Gasteiger partial charge < -0.3 is 15.4 Å². The third-order valence-electron chi connectivity index (χ3n) is 2.42. The van der Waals surface area contributed by atoms with Crippen molar-refractivity contribution in [1.82, 2.24) is 9.97 Å². The summed E-state index contributed by atoms with van der Waals surface area (Å²) < 4.78 is 5.18. The van der Waals surface area contributed by atoms with Gasteiger partial charge in [-0.25, -0.2) is 9.97 Å². The fourth-order valence-electron chi connectivity index (χ4n) is 1.35. The molecule has 1 aromatic heterocycles. The summed E-state index contributed by atoms with van der Waals surface area (Å²) in [7, 11) is 1.70. The van der Waals surface area contributed by atoms with Crippen molar-refractivity contribution in [3.63, 3.8) is 0 Å². The van der Waals surface area contributed by atoms with Gasteiger partial charge in [-0.3, -0.25) is 0 Å². The second-order valence-electron chi connectivity index (χ2n) is 3.87. The number of hydrogen-bond acceptors (Lipinski definition) is 5. The lowest BCUT2D eigenvalue weighted by Gasteiger charge is -2.13. The molecular formula is C12H22N4O. The molecule has 0 saturated heterocycles. The molecular weight excluding hydrogens is 216 g/mol. The maximum atomic E-state index is 5.18. The number of nitrogens with zero attached hydrogens (tertiary/aromatic N) is 2. The SMILES string of the molecule is CCNc1cc(NCC(C)OC)nc(CC)n1. The third kappa shape index (κ3) is 4.56. The summed E-state index contributed by atoms with van der Waals surface area (Å²) in [6.07, 6.45) is 0.992. The minimum atomic E-state index is 0.164. The summed E-state index contributed by atoms with van der Waals surface area (Å²) in [5.41, 5.74) is 0. The highest BCUT2D eigenvalue weighted by Crippen LogP contribution is 2.11. The van der Waals surface area contributed by atoms with Crippen molar-refractivity contribution >= 4 is 11.6 Å². The van der Waals surface area contributed by atoms with Gasteiger partial charge in [0.1, 0.15) is 17.5 Å². The van der Waals surface area contributed by atoms with E-state index in [2.05, 4.69) is 20.6 Å². The molecule has 0 aliphatic carbocycles. The van der Waals surface area contributed by atoms with Gasteiger partial charge in [-0.1, -0.05) is 6.92 Å². The smallest absolute Gasteiger partial charge is 0.132 e. The van der Waals surface area contributed by atoms with Crippen molar-refractivity contribution in [2.24, 2.45) is 0 Å². The molecule has 0 saturated carbocycles. The first-order chi connectivity index (χ1) is 8.19. The Labute approximate surface area is 103 Å². The number of rotatable bonds is 7. The molecule has 0 amide bonds. The summed E-state index contributed by atoms with van der Waals surface area (Å²) >= 11 is 0. The third-order valence-corrected chi connectivity index (χ3v) is 2.42. The van der Waals surface area contributed by atoms with Crippen molar-refractivity contribution in [1.29, 1.82) is 0 Å². The van der Waals surface area contributed by atoms with Crippen molar-refractivity contribution in [3.05, 3.63) is 11.9 Å². The molecule has 96 valence electrons.